The molecule has 116 valence electrons. The van der Waals surface area contributed by atoms with Gasteiger partial charge in [0.05, 0.1) is 17.7 Å². The van der Waals surface area contributed by atoms with Gasteiger partial charge >= 0.3 is 6.18 Å². The van der Waals surface area contributed by atoms with Gasteiger partial charge in [0, 0.05) is 18.3 Å². The third kappa shape index (κ3) is 2.45. The van der Waals surface area contributed by atoms with Crippen LogP contribution >= 0.6 is 0 Å². The van der Waals surface area contributed by atoms with Crippen LogP contribution in [0.3, 0.4) is 0 Å². The van der Waals surface area contributed by atoms with E-state index in [2.05, 4.69) is 16.8 Å². The number of fused-ring (bicyclic) bond motifs is 1. The Bertz CT molecular complexity index is 678. The Labute approximate surface area is 127 Å². The molecule has 1 aliphatic carbocycles. The Morgan fingerprint density at radius 2 is 2.09 bits per heavy atom. The highest BCUT2D eigenvalue weighted by Crippen LogP contribution is 2.57. The number of amidine groups is 1. The summed E-state index contributed by atoms with van der Waals surface area (Å²) in [5.41, 5.74) is 0.432. The first-order valence-corrected chi connectivity index (χ1v) is 7.23. The first-order chi connectivity index (χ1) is 10.3. The molecule has 1 aromatic rings. The highest BCUT2D eigenvalue weighted by Gasteiger charge is 2.62. The number of nitrogens with zero attached hydrogens (tertiary/aromatic N) is 2. The molecule has 0 aromatic carbocycles. The molecule has 0 bridgehead atoms. The molecular formula is C16H16F3N3. The van der Waals surface area contributed by atoms with Crippen molar-refractivity contribution in [2.24, 2.45) is 5.41 Å². The Morgan fingerprint density at radius 3 is 2.68 bits per heavy atom. The molecule has 0 amide bonds. The highest BCUT2D eigenvalue weighted by molar-refractivity contribution is 5.95. The van der Waals surface area contributed by atoms with Crippen LogP contribution in [-0.4, -0.2) is 23.5 Å². The fourth-order valence-corrected chi connectivity index (χ4v) is 2.75. The Balaban J connectivity index is 1.98. The van der Waals surface area contributed by atoms with Gasteiger partial charge in [0.25, 0.3) is 0 Å². The quantitative estimate of drug-likeness (QED) is 0.452. The van der Waals surface area contributed by atoms with E-state index < -0.39 is 11.6 Å². The van der Waals surface area contributed by atoms with Gasteiger partial charge in [0.2, 0.25) is 0 Å². The highest BCUT2D eigenvalue weighted by atomic mass is 19.4. The molecule has 1 saturated carbocycles. The average Bonchev–Trinajstić information content (AvgIpc) is 3.25. The molecule has 0 saturated heterocycles. The van der Waals surface area contributed by atoms with Gasteiger partial charge in [-0.1, -0.05) is 11.8 Å². The van der Waals surface area contributed by atoms with Crippen LogP contribution in [0.25, 0.3) is 0 Å². The molecule has 3 rings (SSSR count). The van der Waals surface area contributed by atoms with Crippen LogP contribution < -0.4 is 4.90 Å². The summed E-state index contributed by atoms with van der Waals surface area (Å²) >= 11 is 0. The fourth-order valence-electron chi connectivity index (χ4n) is 2.75. The third-order valence-electron chi connectivity index (χ3n) is 4.27. The second kappa shape index (κ2) is 5.01. The summed E-state index contributed by atoms with van der Waals surface area (Å²) < 4.78 is 38.9. The lowest BCUT2D eigenvalue weighted by atomic mass is 9.98. The minimum Gasteiger partial charge on any atom is -0.329 e. The number of pyridine rings is 1. The molecule has 0 spiro atoms. The van der Waals surface area contributed by atoms with Crippen LogP contribution in [0.4, 0.5) is 18.9 Å². The number of anilines is 1. The van der Waals surface area contributed by atoms with E-state index in [1.807, 2.05) is 4.90 Å². The van der Waals surface area contributed by atoms with Crippen LogP contribution in [0.1, 0.15) is 37.3 Å². The van der Waals surface area contributed by atoms with Crippen molar-refractivity contribution in [3.63, 3.8) is 0 Å². The average molecular weight is 307 g/mol. The summed E-state index contributed by atoms with van der Waals surface area (Å²) in [5.74, 6) is 5.55. The second-order valence-corrected chi connectivity index (χ2v) is 5.86. The van der Waals surface area contributed by atoms with Gasteiger partial charge in [0.1, 0.15) is 5.41 Å². The monoisotopic (exact) mass is 307 g/mol. The fraction of sp³-hybridized carbons (Fsp3) is 0.500. The molecule has 1 N–H and O–H groups in total. The molecule has 0 radical (unpaired) electrons. The van der Waals surface area contributed by atoms with Crippen molar-refractivity contribution >= 4 is 11.5 Å². The van der Waals surface area contributed by atoms with Crippen molar-refractivity contribution in [2.75, 3.05) is 11.4 Å². The first kappa shape index (κ1) is 14.9. The van der Waals surface area contributed by atoms with E-state index in [9.17, 15) is 13.2 Å². The van der Waals surface area contributed by atoms with Gasteiger partial charge < -0.3 is 4.90 Å². The summed E-state index contributed by atoms with van der Waals surface area (Å²) in [7, 11) is 0. The van der Waals surface area contributed by atoms with Crippen molar-refractivity contribution in [3.8, 4) is 11.8 Å². The molecule has 3 nitrogen and oxygen atoms in total. The van der Waals surface area contributed by atoms with Crippen LogP contribution in [0.2, 0.25) is 0 Å². The number of nitrogens with one attached hydrogen (secondary N) is 1. The van der Waals surface area contributed by atoms with E-state index in [4.69, 9.17) is 5.41 Å². The molecule has 1 aliphatic heterocycles. The molecule has 2 aliphatic rings. The smallest absolute Gasteiger partial charge is 0.329 e. The lowest BCUT2D eigenvalue weighted by Crippen LogP contribution is -2.33. The molecule has 0 unspecified atom stereocenters. The maximum Gasteiger partial charge on any atom is 0.405 e. The summed E-state index contributed by atoms with van der Waals surface area (Å²) in [6.07, 6.45) is 0.696. The predicted molar refractivity (Wildman–Crippen MR) is 77.9 cm³/mol. The van der Waals surface area contributed by atoms with E-state index >= 15 is 0 Å². The Hall–Kier alpha value is -2.03. The zero-order valence-electron chi connectivity index (χ0n) is 12.2. The summed E-state index contributed by atoms with van der Waals surface area (Å²) in [4.78, 5) is 5.92. The Kier molecular flexibility index (Phi) is 3.39. The summed E-state index contributed by atoms with van der Waals surface area (Å²) in [5, 5.41) is 7.80. The maximum atomic E-state index is 13.0. The van der Waals surface area contributed by atoms with Crippen molar-refractivity contribution < 1.29 is 13.2 Å². The first-order valence-electron chi connectivity index (χ1n) is 7.23. The SMILES string of the molecule is CC(=N)N1CCCc2c(C#CC3(C(F)(F)F)CC3)cncc21. The lowest BCUT2D eigenvalue weighted by Gasteiger charge is -2.30. The number of hydrogen-bond donors (Lipinski definition) is 1. The standard InChI is InChI=1S/C16H16F3N3/c1-11(20)22-8-2-3-13-12(9-21-10-14(13)22)4-5-15(6-7-15)16(17,18)19/h9-10,20H,2-3,6-8H2,1H3. The predicted octanol–water partition coefficient (Wildman–Crippen LogP) is 3.53. The summed E-state index contributed by atoms with van der Waals surface area (Å²) in [6.45, 7) is 2.42. The minimum atomic E-state index is -4.26. The summed E-state index contributed by atoms with van der Waals surface area (Å²) in [6, 6.07) is 0. The number of rotatable bonds is 0. The molecular weight excluding hydrogens is 291 g/mol. The van der Waals surface area contributed by atoms with E-state index in [0.717, 1.165) is 30.6 Å². The second-order valence-electron chi connectivity index (χ2n) is 5.86. The molecule has 0 atom stereocenters. The normalized spacial score (nSPS) is 19.0. The van der Waals surface area contributed by atoms with Crippen molar-refractivity contribution in [1.29, 1.82) is 5.41 Å². The van der Waals surface area contributed by atoms with E-state index in [1.54, 1.807) is 13.1 Å². The topological polar surface area (TPSA) is 40.0 Å². The largest absolute Gasteiger partial charge is 0.405 e. The molecule has 1 aromatic heterocycles. The number of hydrogen-bond acceptors (Lipinski definition) is 2. The van der Waals surface area contributed by atoms with Crippen molar-refractivity contribution in [3.05, 3.63) is 23.5 Å². The van der Waals surface area contributed by atoms with Gasteiger partial charge in [-0.3, -0.25) is 10.4 Å². The lowest BCUT2D eigenvalue weighted by molar-refractivity contribution is -0.168. The van der Waals surface area contributed by atoms with Crippen LogP contribution in [0.5, 0.6) is 0 Å². The molecule has 2 heterocycles. The van der Waals surface area contributed by atoms with Crippen molar-refractivity contribution in [2.45, 2.75) is 38.8 Å². The third-order valence-corrected chi connectivity index (χ3v) is 4.27. The maximum absolute atomic E-state index is 13.0. The van der Waals surface area contributed by atoms with Crippen LogP contribution in [-0.2, 0) is 6.42 Å². The zero-order chi connectivity index (χ0) is 16.0. The van der Waals surface area contributed by atoms with Gasteiger partial charge in [-0.25, -0.2) is 0 Å². The number of halogens is 3. The van der Waals surface area contributed by atoms with Gasteiger partial charge in [0.15, 0.2) is 0 Å². The Morgan fingerprint density at radius 1 is 1.36 bits per heavy atom. The van der Waals surface area contributed by atoms with Crippen LogP contribution in [0, 0.1) is 22.7 Å². The van der Waals surface area contributed by atoms with E-state index in [0.29, 0.717) is 11.4 Å². The number of alkyl halides is 3. The molecule has 6 heteroatoms. The number of aromatic nitrogens is 1. The van der Waals surface area contributed by atoms with Gasteiger partial charge in [-0.15, -0.1) is 0 Å². The molecule has 1 fully saturated rings. The van der Waals surface area contributed by atoms with Crippen LogP contribution in [0.15, 0.2) is 12.4 Å². The van der Waals surface area contributed by atoms with E-state index in [1.165, 1.54) is 6.20 Å². The van der Waals surface area contributed by atoms with E-state index in [-0.39, 0.29) is 12.8 Å². The zero-order valence-corrected chi connectivity index (χ0v) is 12.2. The van der Waals surface area contributed by atoms with Crippen molar-refractivity contribution in [1.82, 2.24) is 4.98 Å². The minimum absolute atomic E-state index is 0.0810. The van der Waals surface area contributed by atoms with Gasteiger partial charge in [-0.05, 0) is 38.2 Å². The molecule has 22 heavy (non-hydrogen) atoms. The van der Waals surface area contributed by atoms with Gasteiger partial charge in [-0.2, -0.15) is 13.2 Å².